The van der Waals surface area contributed by atoms with Gasteiger partial charge in [0.25, 0.3) is 0 Å². The number of carbonyl (C=O) groups excluding carboxylic acids is 1. The SMILES string of the molecule is C=C(C)C(=O)Sc1ccc(SI)cc1. The van der Waals surface area contributed by atoms with Crippen molar-refractivity contribution in [3.8, 4) is 0 Å². The van der Waals surface area contributed by atoms with Crippen molar-refractivity contribution in [2.24, 2.45) is 0 Å². The Kier molecular flexibility index (Phi) is 5.05. The van der Waals surface area contributed by atoms with Gasteiger partial charge in [0, 0.05) is 31.0 Å². The zero-order chi connectivity index (χ0) is 10.6. The first-order chi connectivity index (χ1) is 6.63. The summed E-state index contributed by atoms with van der Waals surface area (Å²) >= 11 is 3.45. The summed E-state index contributed by atoms with van der Waals surface area (Å²) < 4.78 is 0. The van der Waals surface area contributed by atoms with Crippen molar-refractivity contribution in [1.82, 2.24) is 0 Å². The van der Waals surface area contributed by atoms with Crippen molar-refractivity contribution in [3.63, 3.8) is 0 Å². The number of halogens is 1. The van der Waals surface area contributed by atoms with E-state index in [4.69, 9.17) is 0 Å². The molecule has 1 rings (SSSR count). The van der Waals surface area contributed by atoms with E-state index >= 15 is 0 Å². The molecule has 0 atom stereocenters. The fraction of sp³-hybridized carbons (Fsp3) is 0.100. The van der Waals surface area contributed by atoms with Crippen LogP contribution in [0.5, 0.6) is 0 Å². The van der Waals surface area contributed by atoms with E-state index in [2.05, 4.69) is 27.8 Å². The van der Waals surface area contributed by atoms with Crippen LogP contribution >= 0.6 is 41.9 Å². The van der Waals surface area contributed by atoms with Gasteiger partial charge in [0.1, 0.15) is 0 Å². The molecule has 0 heterocycles. The smallest absolute Gasteiger partial charge is 0.219 e. The van der Waals surface area contributed by atoms with Gasteiger partial charge in [-0.2, -0.15) is 0 Å². The molecule has 0 radical (unpaired) electrons. The van der Waals surface area contributed by atoms with Crippen molar-refractivity contribution in [2.75, 3.05) is 0 Å². The van der Waals surface area contributed by atoms with Crippen LogP contribution < -0.4 is 0 Å². The van der Waals surface area contributed by atoms with E-state index in [1.54, 1.807) is 15.9 Å². The summed E-state index contributed by atoms with van der Waals surface area (Å²) in [5.74, 6) is 0. The zero-order valence-electron chi connectivity index (χ0n) is 7.62. The second-order valence-electron chi connectivity index (χ2n) is 2.72. The van der Waals surface area contributed by atoms with Gasteiger partial charge in [0.15, 0.2) is 0 Å². The minimum atomic E-state index is 0.0277. The Bertz CT molecular complexity index is 346. The number of carbonyl (C=O) groups is 1. The summed E-state index contributed by atoms with van der Waals surface area (Å²) in [6.07, 6.45) is 0. The van der Waals surface area contributed by atoms with Crippen LogP contribution in [0.2, 0.25) is 0 Å². The van der Waals surface area contributed by atoms with Crippen LogP contribution in [0.1, 0.15) is 6.92 Å². The van der Waals surface area contributed by atoms with Gasteiger partial charge in [0.05, 0.1) is 0 Å². The fourth-order valence-corrected chi connectivity index (χ4v) is 2.53. The molecule has 0 aliphatic carbocycles. The summed E-state index contributed by atoms with van der Waals surface area (Å²) in [7, 11) is 1.66. The average Bonchev–Trinajstić information content (AvgIpc) is 2.19. The Morgan fingerprint density at radius 3 is 2.21 bits per heavy atom. The van der Waals surface area contributed by atoms with Crippen molar-refractivity contribution in [2.45, 2.75) is 16.7 Å². The molecule has 0 N–H and O–H groups in total. The highest BCUT2D eigenvalue weighted by molar-refractivity contribution is 14.2. The van der Waals surface area contributed by atoms with E-state index in [9.17, 15) is 4.79 Å². The van der Waals surface area contributed by atoms with Gasteiger partial charge < -0.3 is 0 Å². The summed E-state index contributed by atoms with van der Waals surface area (Å²) in [4.78, 5) is 13.5. The molecule has 1 aromatic rings. The predicted molar refractivity (Wildman–Crippen MR) is 72.0 cm³/mol. The standard InChI is InChI=1S/C10H9IOS2/c1-7(2)10(12)13-8-3-5-9(14-11)6-4-8/h3-6H,1H2,2H3. The average molecular weight is 336 g/mol. The molecular formula is C10H9IOS2. The Morgan fingerprint density at radius 1 is 1.29 bits per heavy atom. The third kappa shape index (κ3) is 3.67. The first-order valence-electron chi connectivity index (χ1n) is 3.90. The highest BCUT2D eigenvalue weighted by atomic mass is 127. The Hall–Kier alpha value is 0.0600. The number of hydrogen-bond donors (Lipinski definition) is 0. The maximum Gasteiger partial charge on any atom is 0.219 e. The molecule has 1 aromatic carbocycles. The highest BCUT2D eigenvalue weighted by Gasteiger charge is 2.04. The summed E-state index contributed by atoms with van der Waals surface area (Å²) in [5, 5.41) is 0.0277. The summed E-state index contributed by atoms with van der Waals surface area (Å²) in [6.45, 7) is 5.34. The van der Waals surface area contributed by atoms with E-state index in [0.717, 1.165) is 4.90 Å². The number of benzene rings is 1. The van der Waals surface area contributed by atoms with E-state index in [1.807, 2.05) is 24.3 Å². The number of thioether (sulfide) groups is 1. The van der Waals surface area contributed by atoms with Gasteiger partial charge in [-0.05, 0) is 48.5 Å². The van der Waals surface area contributed by atoms with E-state index < -0.39 is 0 Å². The highest BCUT2D eigenvalue weighted by Crippen LogP contribution is 2.28. The molecule has 0 amide bonds. The Labute approximate surface area is 104 Å². The maximum atomic E-state index is 11.3. The van der Waals surface area contributed by atoms with Crippen LogP contribution in [0.15, 0.2) is 46.2 Å². The van der Waals surface area contributed by atoms with Gasteiger partial charge in [-0.25, -0.2) is 0 Å². The van der Waals surface area contributed by atoms with Crippen LogP contribution in [-0.4, -0.2) is 5.12 Å². The van der Waals surface area contributed by atoms with Crippen LogP contribution in [-0.2, 0) is 4.79 Å². The second-order valence-corrected chi connectivity index (χ2v) is 5.71. The summed E-state index contributed by atoms with van der Waals surface area (Å²) in [5.41, 5.74) is 0.586. The quantitative estimate of drug-likeness (QED) is 0.465. The van der Waals surface area contributed by atoms with Crippen LogP contribution in [0.3, 0.4) is 0 Å². The van der Waals surface area contributed by atoms with Crippen molar-refractivity contribution in [1.29, 1.82) is 0 Å². The zero-order valence-corrected chi connectivity index (χ0v) is 11.4. The van der Waals surface area contributed by atoms with E-state index in [1.165, 1.54) is 16.7 Å². The lowest BCUT2D eigenvalue weighted by Crippen LogP contribution is -1.90. The molecule has 0 aliphatic heterocycles. The number of hydrogen-bond acceptors (Lipinski definition) is 3. The van der Waals surface area contributed by atoms with Gasteiger partial charge in [0.2, 0.25) is 5.12 Å². The molecule has 0 spiro atoms. The van der Waals surface area contributed by atoms with Gasteiger partial charge in [-0.15, -0.1) is 0 Å². The number of rotatable bonds is 3. The largest absolute Gasteiger partial charge is 0.282 e. The minimum absolute atomic E-state index is 0.0277. The third-order valence-corrected chi connectivity index (χ3v) is 4.49. The van der Waals surface area contributed by atoms with Crippen molar-refractivity contribution in [3.05, 3.63) is 36.4 Å². The van der Waals surface area contributed by atoms with E-state index in [0.29, 0.717) is 5.57 Å². The van der Waals surface area contributed by atoms with Crippen molar-refractivity contribution >= 4 is 47.0 Å². The monoisotopic (exact) mass is 336 g/mol. The molecule has 14 heavy (non-hydrogen) atoms. The minimum Gasteiger partial charge on any atom is -0.282 e. The Morgan fingerprint density at radius 2 is 1.79 bits per heavy atom. The Balaban J connectivity index is 2.69. The molecule has 0 bridgehead atoms. The lowest BCUT2D eigenvalue weighted by atomic mass is 10.4. The first-order valence-corrected chi connectivity index (χ1v) is 8.07. The molecule has 0 saturated heterocycles. The molecular weight excluding hydrogens is 327 g/mol. The van der Waals surface area contributed by atoms with Crippen LogP contribution in [0, 0.1) is 0 Å². The molecule has 0 saturated carbocycles. The van der Waals surface area contributed by atoms with Crippen molar-refractivity contribution < 1.29 is 4.79 Å². The lowest BCUT2D eigenvalue weighted by molar-refractivity contribution is -0.107. The topological polar surface area (TPSA) is 17.1 Å². The molecule has 0 unspecified atom stereocenters. The molecule has 74 valence electrons. The lowest BCUT2D eigenvalue weighted by Gasteiger charge is -2.00. The molecule has 0 aliphatic rings. The molecule has 4 heteroatoms. The molecule has 0 aromatic heterocycles. The van der Waals surface area contributed by atoms with Gasteiger partial charge in [-0.1, -0.05) is 15.5 Å². The third-order valence-electron chi connectivity index (χ3n) is 1.47. The van der Waals surface area contributed by atoms with Crippen LogP contribution in [0.4, 0.5) is 0 Å². The summed E-state index contributed by atoms with van der Waals surface area (Å²) in [6, 6.07) is 7.91. The molecule has 0 fully saturated rings. The second kappa shape index (κ2) is 5.82. The molecule has 1 nitrogen and oxygen atoms in total. The van der Waals surface area contributed by atoms with Crippen LogP contribution in [0.25, 0.3) is 0 Å². The maximum absolute atomic E-state index is 11.3. The fourth-order valence-electron chi connectivity index (χ4n) is 0.753. The normalized spacial score (nSPS) is 9.86. The van der Waals surface area contributed by atoms with Gasteiger partial charge in [-0.3, -0.25) is 4.79 Å². The van der Waals surface area contributed by atoms with Gasteiger partial charge >= 0.3 is 0 Å². The van der Waals surface area contributed by atoms with E-state index in [-0.39, 0.29) is 5.12 Å². The first kappa shape index (κ1) is 12.1. The predicted octanol–water partition coefficient (Wildman–Crippen LogP) is 4.32.